The van der Waals surface area contributed by atoms with Gasteiger partial charge in [0.25, 0.3) is 0 Å². The number of amides is 1. The van der Waals surface area contributed by atoms with Gasteiger partial charge in [-0.25, -0.2) is 0 Å². The molecule has 1 aliphatic rings. The monoisotopic (exact) mass is 408 g/mol. The lowest BCUT2D eigenvalue weighted by Gasteiger charge is -2.34. The SMILES string of the molecule is COc1cc(/C=C/C(=O)N2CCN(CCc3ccccc3)CC2)ccc1OC(C)C. The Balaban J connectivity index is 1.49. The summed E-state index contributed by atoms with van der Waals surface area (Å²) in [4.78, 5) is 16.9. The summed E-state index contributed by atoms with van der Waals surface area (Å²) in [5.74, 6) is 1.44. The highest BCUT2D eigenvalue weighted by Crippen LogP contribution is 2.29. The minimum atomic E-state index is 0.0548. The van der Waals surface area contributed by atoms with Gasteiger partial charge in [0.05, 0.1) is 13.2 Å². The normalized spacial score (nSPS) is 15.0. The smallest absolute Gasteiger partial charge is 0.246 e. The van der Waals surface area contributed by atoms with Gasteiger partial charge in [0.15, 0.2) is 11.5 Å². The van der Waals surface area contributed by atoms with Crippen LogP contribution in [0.25, 0.3) is 6.08 Å². The molecule has 5 heteroatoms. The predicted molar refractivity (Wildman–Crippen MR) is 121 cm³/mol. The van der Waals surface area contributed by atoms with Crippen LogP contribution in [0.3, 0.4) is 0 Å². The fraction of sp³-hybridized carbons (Fsp3) is 0.400. The summed E-state index contributed by atoms with van der Waals surface area (Å²) in [6.07, 6.45) is 4.61. The quantitative estimate of drug-likeness (QED) is 0.622. The Kier molecular flexibility index (Phi) is 7.91. The lowest BCUT2D eigenvalue weighted by atomic mass is 10.1. The minimum absolute atomic E-state index is 0.0548. The van der Waals surface area contributed by atoms with Crippen LogP contribution in [0.2, 0.25) is 0 Å². The molecule has 1 saturated heterocycles. The van der Waals surface area contributed by atoms with E-state index in [2.05, 4.69) is 29.2 Å². The molecule has 1 heterocycles. The summed E-state index contributed by atoms with van der Waals surface area (Å²) >= 11 is 0. The third-order valence-corrected chi connectivity index (χ3v) is 5.21. The maximum Gasteiger partial charge on any atom is 0.246 e. The van der Waals surface area contributed by atoms with E-state index >= 15 is 0 Å². The first kappa shape index (κ1) is 21.9. The average molecular weight is 409 g/mol. The van der Waals surface area contributed by atoms with Crippen molar-refractivity contribution < 1.29 is 14.3 Å². The van der Waals surface area contributed by atoms with Crippen LogP contribution in [0.5, 0.6) is 11.5 Å². The maximum absolute atomic E-state index is 12.6. The first-order chi connectivity index (χ1) is 14.5. The van der Waals surface area contributed by atoms with Crippen LogP contribution >= 0.6 is 0 Å². The highest BCUT2D eigenvalue weighted by molar-refractivity contribution is 5.92. The molecule has 0 aromatic heterocycles. The largest absolute Gasteiger partial charge is 0.493 e. The third-order valence-electron chi connectivity index (χ3n) is 5.21. The molecular weight excluding hydrogens is 376 g/mol. The van der Waals surface area contributed by atoms with Crippen molar-refractivity contribution in [2.24, 2.45) is 0 Å². The average Bonchev–Trinajstić information content (AvgIpc) is 2.77. The van der Waals surface area contributed by atoms with Crippen LogP contribution in [0.15, 0.2) is 54.6 Å². The standard InChI is InChI=1S/C25H32N2O3/c1-20(2)30-23-11-9-22(19-24(23)29-3)10-12-25(28)27-17-15-26(16-18-27)14-13-21-7-5-4-6-8-21/h4-12,19-20H,13-18H2,1-3H3/b12-10+. The molecule has 160 valence electrons. The lowest BCUT2D eigenvalue weighted by molar-refractivity contribution is -0.127. The van der Waals surface area contributed by atoms with Crippen molar-refractivity contribution in [2.45, 2.75) is 26.4 Å². The van der Waals surface area contributed by atoms with Crippen LogP contribution in [0.1, 0.15) is 25.0 Å². The van der Waals surface area contributed by atoms with E-state index in [0.717, 1.165) is 44.7 Å². The molecule has 0 aliphatic carbocycles. The summed E-state index contributed by atoms with van der Waals surface area (Å²) in [5.41, 5.74) is 2.27. The van der Waals surface area contributed by atoms with E-state index in [1.54, 1.807) is 13.2 Å². The van der Waals surface area contributed by atoms with Gasteiger partial charge in [0, 0.05) is 38.8 Å². The lowest BCUT2D eigenvalue weighted by Crippen LogP contribution is -2.48. The van der Waals surface area contributed by atoms with Gasteiger partial charge < -0.3 is 14.4 Å². The van der Waals surface area contributed by atoms with E-state index in [0.29, 0.717) is 11.5 Å². The molecule has 2 aromatic carbocycles. The number of benzene rings is 2. The van der Waals surface area contributed by atoms with Gasteiger partial charge in [-0.05, 0) is 49.6 Å². The maximum atomic E-state index is 12.6. The number of rotatable bonds is 8. The second kappa shape index (κ2) is 10.8. The number of hydrogen-bond acceptors (Lipinski definition) is 4. The van der Waals surface area contributed by atoms with Crippen LogP contribution < -0.4 is 9.47 Å². The van der Waals surface area contributed by atoms with E-state index in [-0.39, 0.29) is 12.0 Å². The summed E-state index contributed by atoms with van der Waals surface area (Å²) in [6.45, 7) is 8.36. The molecule has 1 fully saturated rings. The Hall–Kier alpha value is -2.79. The van der Waals surface area contributed by atoms with Gasteiger partial charge in [-0.15, -0.1) is 0 Å². The highest BCUT2D eigenvalue weighted by atomic mass is 16.5. The predicted octanol–water partition coefficient (Wildman–Crippen LogP) is 3.88. The Morgan fingerprint density at radius 1 is 1.03 bits per heavy atom. The van der Waals surface area contributed by atoms with Gasteiger partial charge in [-0.3, -0.25) is 9.69 Å². The van der Waals surface area contributed by atoms with E-state index in [9.17, 15) is 4.79 Å². The highest BCUT2D eigenvalue weighted by Gasteiger charge is 2.19. The molecule has 0 saturated carbocycles. The van der Waals surface area contributed by atoms with Crippen LogP contribution in [-0.2, 0) is 11.2 Å². The van der Waals surface area contributed by atoms with Gasteiger partial charge >= 0.3 is 0 Å². The molecular formula is C25H32N2O3. The molecule has 0 spiro atoms. The van der Waals surface area contributed by atoms with Gasteiger partial charge in [-0.1, -0.05) is 36.4 Å². The van der Waals surface area contributed by atoms with Crippen molar-refractivity contribution in [3.63, 3.8) is 0 Å². The third kappa shape index (κ3) is 6.36. The number of ether oxygens (including phenoxy) is 2. The molecule has 0 atom stereocenters. The minimum Gasteiger partial charge on any atom is -0.493 e. The fourth-order valence-electron chi connectivity index (χ4n) is 3.54. The van der Waals surface area contributed by atoms with E-state index in [4.69, 9.17) is 9.47 Å². The van der Waals surface area contributed by atoms with Crippen molar-refractivity contribution in [3.05, 3.63) is 65.7 Å². The first-order valence-electron chi connectivity index (χ1n) is 10.6. The van der Waals surface area contributed by atoms with Crippen LogP contribution in [0.4, 0.5) is 0 Å². The van der Waals surface area contributed by atoms with Gasteiger partial charge in [0.1, 0.15) is 0 Å². The number of methoxy groups -OCH3 is 1. The number of carbonyl (C=O) groups excluding carboxylic acids is 1. The summed E-state index contributed by atoms with van der Waals surface area (Å²) in [7, 11) is 1.62. The molecule has 2 aromatic rings. The molecule has 0 unspecified atom stereocenters. The zero-order valence-corrected chi connectivity index (χ0v) is 18.2. The second-order valence-electron chi connectivity index (χ2n) is 7.81. The number of piperazine rings is 1. The molecule has 1 amide bonds. The molecule has 5 nitrogen and oxygen atoms in total. The van der Waals surface area contributed by atoms with E-state index in [1.807, 2.05) is 49.1 Å². The molecule has 3 rings (SSSR count). The number of nitrogens with zero attached hydrogens (tertiary/aromatic N) is 2. The molecule has 30 heavy (non-hydrogen) atoms. The van der Waals surface area contributed by atoms with Crippen molar-refractivity contribution in [1.82, 2.24) is 9.80 Å². The second-order valence-corrected chi connectivity index (χ2v) is 7.81. The number of hydrogen-bond donors (Lipinski definition) is 0. The molecule has 0 bridgehead atoms. The molecule has 0 N–H and O–H groups in total. The van der Waals surface area contributed by atoms with Crippen LogP contribution in [0, 0.1) is 0 Å². The van der Waals surface area contributed by atoms with Crippen molar-refractivity contribution in [3.8, 4) is 11.5 Å². The molecule has 1 aliphatic heterocycles. The fourth-order valence-corrected chi connectivity index (χ4v) is 3.54. The summed E-state index contributed by atoms with van der Waals surface area (Å²) in [6, 6.07) is 16.3. The zero-order valence-electron chi connectivity index (χ0n) is 18.2. The van der Waals surface area contributed by atoms with Gasteiger partial charge in [-0.2, -0.15) is 0 Å². The Morgan fingerprint density at radius 2 is 1.77 bits per heavy atom. The van der Waals surface area contributed by atoms with Crippen molar-refractivity contribution in [1.29, 1.82) is 0 Å². The molecule has 0 radical (unpaired) electrons. The van der Waals surface area contributed by atoms with Gasteiger partial charge in [0.2, 0.25) is 5.91 Å². The van der Waals surface area contributed by atoms with E-state index < -0.39 is 0 Å². The first-order valence-corrected chi connectivity index (χ1v) is 10.6. The summed E-state index contributed by atoms with van der Waals surface area (Å²) < 4.78 is 11.2. The summed E-state index contributed by atoms with van der Waals surface area (Å²) in [5, 5.41) is 0. The number of carbonyl (C=O) groups is 1. The Labute approximate surface area is 179 Å². The Morgan fingerprint density at radius 3 is 2.43 bits per heavy atom. The van der Waals surface area contributed by atoms with Crippen molar-refractivity contribution >= 4 is 12.0 Å². The van der Waals surface area contributed by atoms with Crippen LogP contribution in [-0.4, -0.2) is 61.6 Å². The van der Waals surface area contributed by atoms with Crippen molar-refractivity contribution in [2.75, 3.05) is 39.8 Å². The van der Waals surface area contributed by atoms with E-state index in [1.165, 1.54) is 5.56 Å². The Bertz CT molecular complexity index is 841. The topological polar surface area (TPSA) is 42.0 Å². The zero-order chi connectivity index (χ0) is 21.3.